The van der Waals surface area contributed by atoms with E-state index in [9.17, 15) is 20.0 Å². The Bertz CT molecular complexity index is 1450. The molecule has 12 heteroatoms. The van der Waals surface area contributed by atoms with E-state index < -0.39 is 6.03 Å². The van der Waals surface area contributed by atoms with Gasteiger partial charge in [-0.2, -0.15) is 5.26 Å². The van der Waals surface area contributed by atoms with E-state index in [2.05, 4.69) is 16.4 Å². The minimum Gasteiger partial charge on any atom is -0.454 e. The number of carbonyl (C=O) groups is 2. The van der Waals surface area contributed by atoms with Gasteiger partial charge >= 0.3 is 6.03 Å². The van der Waals surface area contributed by atoms with Gasteiger partial charge < -0.3 is 24.8 Å². The van der Waals surface area contributed by atoms with Gasteiger partial charge in [-0.25, -0.2) is 9.78 Å². The number of aromatic nitrogens is 1. The molecule has 1 fully saturated rings. The van der Waals surface area contributed by atoms with Gasteiger partial charge in [-0.1, -0.05) is 11.6 Å². The smallest absolute Gasteiger partial charge is 0.331 e. The molecular weight excluding hydrogens is 494 g/mol. The Morgan fingerprint density at radius 3 is 3.03 bits per heavy atom. The fourth-order valence-electron chi connectivity index (χ4n) is 4.79. The van der Waals surface area contributed by atoms with Crippen molar-refractivity contribution >= 4 is 62.2 Å². The second kappa shape index (κ2) is 8.27. The van der Waals surface area contributed by atoms with Gasteiger partial charge in [0.1, 0.15) is 21.5 Å². The van der Waals surface area contributed by atoms with Crippen LogP contribution in [0.3, 0.4) is 0 Å². The third-order valence-corrected chi connectivity index (χ3v) is 7.81. The van der Waals surface area contributed by atoms with Crippen molar-refractivity contribution in [1.29, 1.82) is 5.26 Å². The molecule has 3 aliphatic rings. The number of amides is 3. The summed E-state index contributed by atoms with van der Waals surface area (Å²) in [5, 5.41) is 23.0. The normalized spacial score (nSPS) is 18.5. The molecule has 0 aliphatic carbocycles. The molecule has 0 spiro atoms. The Labute approximate surface area is 208 Å². The molecule has 1 atom stereocenters. The summed E-state index contributed by atoms with van der Waals surface area (Å²) in [5.41, 5.74) is 0.998. The number of nitriles is 1. The van der Waals surface area contributed by atoms with Crippen LogP contribution in [0.4, 0.5) is 21.9 Å². The first kappa shape index (κ1) is 21.9. The molecule has 1 unspecified atom stereocenters. The van der Waals surface area contributed by atoms with E-state index >= 15 is 0 Å². The third-order valence-electron chi connectivity index (χ3n) is 6.42. The zero-order valence-electron chi connectivity index (χ0n) is 18.2. The number of halogens is 1. The standard InChI is InChI=1S/C23H18ClN5O5S/c24-13-3-4-14-19(34-10-33-14)18(13)29-17-12(6-25)7-26-21-15(17)16(27-23(29)32)20(35-21)22(31)28-5-1-2-11(8-28)9-30/h3-4,7,11,30H,1-2,5,8-10H2,(H,27,32). The number of hydrogen-bond donors (Lipinski definition) is 2. The van der Waals surface area contributed by atoms with Crippen LogP contribution in [0.1, 0.15) is 28.1 Å². The fourth-order valence-corrected chi connectivity index (χ4v) is 6.10. The van der Waals surface area contributed by atoms with Crippen molar-refractivity contribution in [1.82, 2.24) is 9.88 Å². The largest absolute Gasteiger partial charge is 0.454 e. The van der Waals surface area contributed by atoms with Gasteiger partial charge in [-0.3, -0.25) is 9.69 Å². The molecule has 2 aromatic heterocycles. The van der Waals surface area contributed by atoms with Gasteiger partial charge in [-0.05, 0) is 30.9 Å². The zero-order valence-corrected chi connectivity index (χ0v) is 19.8. The fraction of sp³-hybridized carbons (Fsp3) is 0.304. The number of hydrogen-bond acceptors (Lipinski definition) is 8. The first-order chi connectivity index (χ1) is 17.0. The van der Waals surface area contributed by atoms with Crippen LogP contribution in [-0.4, -0.2) is 53.4 Å². The minimum absolute atomic E-state index is 0.0138. The van der Waals surface area contributed by atoms with Gasteiger partial charge in [0, 0.05) is 25.9 Å². The Kier molecular flexibility index (Phi) is 5.17. The number of aliphatic hydroxyl groups is 1. The van der Waals surface area contributed by atoms with Gasteiger partial charge in [-0.15, -0.1) is 11.3 Å². The van der Waals surface area contributed by atoms with Crippen LogP contribution < -0.4 is 19.7 Å². The molecule has 0 saturated carbocycles. The van der Waals surface area contributed by atoms with Gasteiger partial charge in [0.05, 0.1) is 27.3 Å². The number of urea groups is 1. The van der Waals surface area contributed by atoms with Crippen molar-refractivity contribution in [2.75, 3.05) is 36.7 Å². The van der Waals surface area contributed by atoms with Crippen molar-refractivity contribution < 1.29 is 24.2 Å². The van der Waals surface area contributed by atoms with Crippen LogP contribution in [0.5, 0.6) is 11.5 Å². The minimum atomic E-state index is -0.591. The maximum absolute atomic E-state index is 13.5. The quantitative estimate of drug-likeness (QED) is 0.542. The first-order valence-electron chi connectivity index (χ1n) is 11.0. The molecular formula is C23H18ClN5O5S. The Morgan fingerprint density at radius 2 is 2.23 bits per heavy atom. The number of nitrogens with zero attached hydrogens (tertiary/aromatic N) is 4. The molecule has 3 amide bonds. The average Bonchev–Trinajstić information content (AvgIpc) is 3.50. The Balaban J connectivity index is 1.54. The summed E-state index contributed by atoms with van der Waals surface area (Å²) in [5.74, 6) is 0.498. The number of likely N-dealkylation sites (tertiary alicyclic amines) is 1. The Hall–Kier alpha value is -3.59. The lowest BCUT2D eigenvalue weighted by Gasteiger charge is -2.32. The third kappa shape index (κ3) is 3.29. The van der Waals surface area contributed by atoms with E-state index in [1.165, 1.54) is 11.1 Å². The molecule has 1 aromatic carbocycles. The van der Waals surface area contributed by atoms with Gasteiger partial charge in [0.2, 0.25) is 6.79 Å². The topological polar surface area (TPSA) is 128 Å². The molecule has 1 saturated heterocycles. The highest BCUT2D eigenvalue weighted by Gasteiger charge is 2.39. The van der Waals surface area contributed by atoms with Crippen molar-refractivity contribution in [3.05, 3.63) is 33.8 Å². The second-order valence-electron chi connectivity index (χ2n) is 8.46. The molecule has 35 heavy (non-hydrogen) atoms. The van der Waals surface area contributed by atoms with Crippen LogP contribution >= 0.6 is 22.9 Å². The lowest BCUT2D eigenvalue weighted by molar-refractivity contribution is 0.0626. The molecule has 6 rings (SSSR count). The molecule has 3 aliphatic heterocycles. The van der Waals surface area contributed by atoms with E-state index in [1.807, 2.05) is 0 Å². The molecule has 2 N–H and O–H groups in total. The molecule has 0 bridgehead atoms. The lowest BCUT2D eigenvalue weighted by atomic mass is 9.99. The highest BCUT2D eigenvalue weighted by molar-refractivity contribution is 7.21. The van der Waals surface area contributed by atoms with Crippen molar-refractivity contribution in [2.24, 2.45) is 5.92 Å². The van der Waals surface area contributed by atoms with Crippen LogP contribution in [0.15, 0.2) is 18.3 Å². The number of fused-ring (bicyclic) bond motifs is 1. The maximum atomic E-state index is 13.5. The van der Waals surface area contributed by atoms with Crippen LogP contribution in [-0.2, 0) is 0 Å². The second-order valence-corrected chi connectivity index (χ2v) is 9.86. The highest BCUT2D eigenvalue weighted by Crippen LogP contribution is 2.53. The number of carbonyl (C=O) groups excluding carboxylic acids is 2. The number of anilines is 3. The van der Waals surface area contributed by atoms with E-state index in [4.69, 9.17) is 21.1 Å². The van der Waals surface area contributed by atoms with Crippen molar-refractivity contribution in [3.8, 4) is 17.6 Å². The highest BCUT2D eigenvalue weighted by atomic mass is 35.5. The van der Waals surface area contributed by atoms with E-state index in [0.717, 1.165) is 24.2 Å². The Morgan fingerprint density at radius 1 is 1.37 bits per heavy atom. The summed E-state index contributed by atoms with van der Waals surface area (Å²) in [6.07, 6.45) is 3.03. The number of aliphatic hydroxyl groups excluding tert-OH is 1. The van der Waals surface area contributed by atoms with Crippen LogP contribution in [0, 0.1) is 17.2 Å². The lowest BCUT2D eigenvalue weighted by Crippen LogP contribution is -2.41. The maximum Gasteiger partial charge on any atom is 0.331 e. The van der Waals surface area contributed by atoms with E-state index in [-0.39, 0.29) is 47.2 Å². The number of nitrogens with one attached hydrogen (secondary N) is 1. The number of thiophene rings is 1. The molecule has 10 nitrogen and oxygen atoms in total. The summed E-state index contributed by atoms with van der Waals surface area (Å²) in [7, 11) is 0. The van der Waals surface area contributed by atoms with Gasteiger partial charge in [0.25, 0.3) is 5.91 Å². The number of benzene rings is 1. The van der Waals surface area contributed by atoms with Crippen molar-refractivity contribution in [2.45, 2.75) is 12.8 Å². The SMILES string of the molecule is N#Cc1cnc2sc(C(=O)N3CCCC(CO)C3)c3c2c1N(c1c(Cl)ccc2c1OCO2)C(=O)N3. The van der Waals surface area contributed by atoms with Crippen molar-refractivity contribution in [3.63, 3.8) is 0 Å². The summed E-state index contributed by atoms with van der Waals surface area (Å²) >= 11 is 7.67. The number of pyridine rings is 1. The summed E-state index contributed by atoms with van der Waals surface area (Å²) in [6.45, 7) is 0.994. The molecule has 5 heterocycles. The van der Waals surface area contributed by atoms with Gasteiger partial charge in [0.15, 0.2) is 11.5 Å². The zero-order chi connectivity index (χ0) is 24.3. The predicted octanol–water partition coefficient (Wildman–Crippen LogP) is 4.08. The number of piperidine rings is 1. The molecule has 0 radical (unpaired) electrons. The summed E-state index contributed by atoms with van der Waals surface area (Å²) in [4.78, 5) is 35.3. The van der Waals surface area contributed by atoms with E-state index in [0.29, 0.717) is 45.4 Å². The number of ether oxygens (including phenoxy) is 2. The summed E-state index contributed by atoms with van der Waals surface area (Å²) in [6, 6.07) is 4.75. The monoisotopic (exact) mass is 511 g/mol. The van der Waals surface area contributed by atoms with Crippen LogP contribution in [0.25, 0.3) is 10.2 Å². The van der Waals surface area contributed by atoms with E-state index in [1.54, 1.807) is 17.0 Å². The predicted molar refractivity (Wildman–Crippen MR) is 129 cm³/mol. The molecule has 178 valence electrons. The average molecular weight is 512 g/mol. The number of rotatable bonds is 3. The molecule has 3 aromatic rings. The first-order valence-corrected chi connectivity index (χ1v) is 12.2. The van der Waals surface area contributed by atoms with Crippen LogP contribution in [0.2, 0.25) is 5.02 Å². The summed E-state index contributed by atoms with van der Waals surface area (Å²) < 4.78 is 11.1.